The summed E-state index contributed by atoms with van der Waals surface area (Å²) in [6, 6.07) is 0.533. The smallest absolute Gasteiger partial charge is 0.222 e. The molecule has 2 aliphatic heterocycles. The average Bonchev–Trinajstić information content (AvgIpc) is 2.89. The van der Waals surface area contributed by atoms with Gasteiger partial charge in [0.25, 0.3) is 0 Å². The highest BCUT2D eigenvalue weighted by Crippen LogP contribution is 2.18. The van der Waals surface area contributed by atoms with Gasteiger partial charge in [-0.1, -0.05) is 6.92 Å². The van der Waals surface area contributed by atoms with E-state index in [1.165, 1.54) is 0 Å². The number of likely N-dealkylation sites (tertiary alicyclic amines) is 1. The van der Waals surface area contributed by atoms with Gasteiger partial charge >= 0.3 is 0 Å². The molecular formula is C13H25N3O2. The Morgan fingerprint density at radius 2 is 2.11 bits per heavy atom. The molecule has 0 radical (unpaired) electrons. The lowest BCUT2D eigenvalue weighted by atomic mass is 10.1. The van der Waals surface area contributed by atoms with Crippen molar-refractivity contribution in [3.05, 3.63) is 0 Å². The zero-order valence-electron chi connectivity index (χ0n) is 11.3. The van der Waals surface area contributed by atoms with Crippen molar-refractivity contribution >= 4 is 5.91 Å². The van der Waals surface area contributed by atoms with Crippen LogP contribution in [0.4, 0.5) is 0 Å². The van der Waals surface area contributed by atoms with Gasteiger partial charge in [-0.25, -0.2) is 0 Å². The van der Waals surface area contributed by atoms with Gasteiger partial charge in [-0.3, -0.25) is 9.69 Å². The zero-order chi connectivity index (χ0) is 13.0. The number of nitrogens with two attached hydrogens (primary N) is 1. The van der Waals surface area contributed by atoms with Crippen LogP contribution in [0.5, 0.6) is 0 Å². The van der Waals surface area contributed by atoms with Gasteiger partial charge < -0.3 is 15.4 Å². The minimum atomic E-state index is 0.267. The van der Waals surface area contributed by atoms with Crippen LogP contribution in [-0.4, -0.2) is 67.7 Å². The summed E-state index contributed by atoms with van der Waals surface area (Å²) in [6.07, 6.45) is 1.69. The second-order valence-electron chi connectivity index (χ2n) is 5.48. The van der Waals surface area contributed by atoms with Gasteiger partial charge in [-0.15, -0.1) is 0 Å². The number of ether oxygens (including phenoxy) is 1. The average molecular weight is 255 g/mol. The van der Waals surface area contributed by atoms with Gasteiger partial charge in [0, 0.05) is 38.6 Å². The van der Waals surface area contributed by atoms with Crippen LogP contribution >= 0.6 is 0 Å². The fraction of sp³-hybridized carbons (Fsp3) is 0.923. The van der Waals surface area contributed by atoms with Crippen molar-refractivity contribution in [3.63, 3.8) is 0 Å². The molecule has 18 heavy (non-hydrogen) atoms. The van der Waals surface area contributed by atoms with Crippen molar-refractivity contribution in [1.82, 2.24) is 9.80 Å². The maximum absolute atomic E-state index is 12.1. The molecular weight excluding hydrogens is 230 g/mol. The largest absolute Gasteiger partial charge is 0.379 e. The first kappa shape index (κ1) is 13.8. The Balaban J connectivity index is 1.78. The summed E-state index contributed by atoms with van der Waals surface area (Å²) in [5.41, 5.74) is 5.57. The van der Waals surface area contributed by atoms with E-state index in [0.29, 0.717) is 24.9 Å². The lowest BCUT2D eigenvalue weighted by Crippen LogP contribution is -2.45. The fourth-order valence-electron chi connectivity index (χ4n) is 2.72. The molecule has 0 aliphatic carbocycles. The van der Waals surface area contributed by atoms with Gasteiger partial charge in [0.1, 0.15) is 0 Å². The van der Waals surface area contributed by atoms with Gasteiger partial charge in [-0.05, 0) is 18.9 Å². The van der Waals surface area contributed by atoms with E-state index in [-0.39, 0.29) is 5.91 Å². The molecule has 0 aromatic rings. The van der Waals surface area contributed by atoms with E-state index in [1.807, 2.05) is 11.8 Å². The molecule has 2 heterocycles. The molecule has 1 amide bonds. The molecule has 5 nitrogen and oxygen atoms in total. The Bertz CT molecular complexity index is 279. The first-order valence-electron chi connectivity index (χ1n) is 7.00. The number of carbonyl (C=O) groups excluding carboxylic acids is 1. The lowest BCUT2D eigenvalue weighted by Gasteiger charge is -2.32. The predicted molar refractivity (Wildman–Crippen MR) is 70.2 cm³/mol. The highest BCUT2D eigenvalue weighted by molar-refractivity contribution is 5.76. The van der Waals surface area contributed by atoms with Gasteiger partial charge in [0.05, 0.1) is 13.2 Å². The number of hydrogen-bond donors (Lipinski definition) is 1. The summed E-state index contributed by atoms with van der Waals surface area (Å²) < 4.78 is 5.36. The third-order valence-electron chi connectivity index (χ3n) is 4.00. The van der Waals surface area contributed by atoms with E-state index in [9.17, 15) is 4.79 Å². The molecule has 2 fully saturated rings. The number of morpholine rings is 1. The van der Waals surface area contributed by atoms with Crippen molar-refractivity contribution in [1.29, 1.82) is 0 Å². The minimum absolute atomic E-state index is 0.267. The molecule has 0 aromatic heterocycles. The lowest BCUT2D eigenvalue weighted by molar-refractivity contribution is -0.131. The molecule has 0 bridgehead atoms. The molecule has 2 saturated heterocycles. The molecule has 2 rings (SSSR count). The molecule has 5 heteroatoms. The van der Waals surface area contributed by atoms with Crippen LogP contribution in [0.3, 0.4) is 0 Å². The van der Waals surface area contributed by atoms with E-state index in [4.69, 9.17) is 10.5 Å². The monoisotopic (exact) mass is 255 g/mol. The van der Waals surface area contributed by atoms with Crippen LogP contribution in [0.2, 0.25) is 0 Å². The molecule has 104 valence electrons. The normalized spacial score (nSPS) is 27.4. The van der Waals surface area contributed by atoms with Crippen LogP contribution in [0.1, 0.15) is 19.8 Å². The summed E-state index contributed by atoms with van der Waals surface area (Å²) >= 11 is 0. The maximum atomic E-state index is 12.1. The number of rotatable bonds is 4. The summed E-state index contributed by atoms with van der Waals surface area (Å²) in [7, 11) is 0. The summed E-state index contributed by atoms with van der Waals surface area (Å²) in [5, 5.41) is 0. The van der Waals surface area contributed by atoms with E-state index in [2.05, 4.69) is 4.90 Å². The van der Waals surface area contributed by atoms with E-state index in [1.54, 1.807) is 0 Å². The molecule has 0 spiro atoms. The Kier molecular flexibility index (Phi) is 4.97. The second-order valence-corrected chi connectivity index (χ2v) is 5.48. The van der Waals surface area contributed by atoms with Crippen LogP contribution < -0.4 is 5.73 Å². The van der Waals surface area contributed by atoms with Gasteiger partial charge in [0.2, 0.25) is 5.91 Å². The first-order chi connectivity index (χ1) is 8.70. The van der Waals surface area contributed by atoms with Crippen LogP contribution in [0.25, 0.3) is 0 Å². The Hall–Kier alpha value is -0.650. The molecule has 2 N–H and O–H groups in total. The molecule has 2 unspecified atom stereocenters. The van der Waals surface area contributed by atoms with Crippen molar-refractivity contribution in [2.24, 2.45) is 11.7 Å². The fourth-order valence-corrected chi connectivity index (χ4v) is 2.72. The summed E-state index contributed by atoms with van der Waals surface area (Å²) in [5.74, 6) is 0.559. The number of hydrogen-bond acceptors (Lipinski definition) is 4. The highest BCUT2D eigenvalue weighted by atomic mass is 16.5. The summed E-state index contributed by atoms with van der Waals surface area (Å²) in [4.78, 5) is 16.5. The minimum Gasteiger partial charge on any atom is -0.379 e. The zero-order valence-corrected chi connectivity index (χ0v) is 11.3. The molecule has 2 aliphatic rings. The molecule has 0 aromatic carbocycles. The van der Waals surface area contributed by atoms with Crippen molar-refractivity contribution in [3.8, 4) is 0 Å². The maximum Gasteiger partial charge on any atom is 0.222 e. The predicted octanol–water partition coefficient (Wildman–Crippen LogP) is -0.0956. The molecule has 2 atom stereocenters. The number of nitrogens with zero attached hydrogens (tertiary/aromatic N) is 2. The van der Waals surface area contributed by atoms with E-state index in [0.717, 1.165) is 45.8 Å². The van der Waals surface area contributed by atoms with Crippen LogP contribution in [0.15, 0.2) is 0 Å². The quantitative estimate of drug-likeness (QED) is 0.762. The first-order valence-corrected chi connectivity index (χ1v) is 7.00. The van der Waals surface area contributed by atoms with Gasteiger partial charge in [-0.2, -0.15) is 0 Å². The topological polar surface area (TPSA) is 58.8 Å². The van der Waals surface area contributed by atoms with Crippen molar-refractivity contribution in [2.75, 3.05) is 45.9 Å². The highest BCUT2D eigenvalue weighted by Gasteiger charge is 2.31. The van der Waals surface area contributed by atoms with Crippen molar-refractivity contribution < 1.29 is 9.53 Å². The number of carbonyl (C=O) groups is 1. The van der Waals surface area contributed by atoms with E-state index < -0.39 is 0 Å². The third-order valence-corrected chi connectivity index (χ3v) is 4.00. The second kappa shape index (κ2) is 6.50. The third kappa shape index (κ3) is 3.43. The summed E-state index contributed by atoms with van der Waals surface area (Å²) in [6.45, 7) is 8.08. The van der Waals surface area contributed by atoms with Crippen LogP contribution in [0, 0.1) is 5.92 Å². The molecule has 0 saturated carbocycles. The Morgan fingerprint density at radius 3 is 2.78 bits per heavy atom. The van der Waals surface area contributed by atoms with Crippen LogP contribution in [-0.2, 0) is 9.53 Å². The SMILES string of the molecule is CC(CN)CC(=O)N1CCC(N2CCOCC2)C1. The van der Waals surface area contributed by atoms with E-state index >= 15 is 0 Å². The number of amides is 1. The van der Waals surface area contributed by atoms with Gasteiger partial charge in [0.15, 0.2) is 0 Å². The standard InChI is InChI=1S/C13H25N3O2/c1-11(9-14)8-13(17)16-3-2-12(10-16)15-4-6-18-7-5-15/h11-12H,2-10,14H2,1H3. The van der Waals surface area contributed by atoms with Crippen molar-refractivity contribution in [2.45, 2.75) is 25.8 Å². The Labute approximate surface area is 109 Å². The Morgan fingerprint density at radius 1 is 1.39 bits per heavy atom.